The van der Waals surface area contributed by atoms with Gasteiger partial charge in [-0.1, -0.05) is 135 Å². The van der Waals surface area contributed by atoms with Gasteiger partial charge in [0.05, 0.1) is 27.8 Å². The van der Waals surface area contributed by atoms with Gasteiger partial charge in [0.2, 0.25) is 0 Å². The maximum Gasteiger partial charge on any atom is 0.338 e. The summed E-state index contributed by atoms with van der Waals surface area (Å²) >= 11 is 0. The molecule has 2 aliphatic rings. The third-order valence-electron chi connectivity index (χ3n) is 12.9. The molecule has 0 N–H and O–H groups in total. The Bertz CT molecular complexity index is 2740. The number of rotatable bonds is 20. The zero-order valence-electron chi connectivity index (χ0n) is 41.5. The zero-order chi connectivity index (χ0) is 51.8. The lowest BCUT2D eigenvalue weighted by molar-refractivity contribution is -0.349. The minimum absolute atomic E-state index is 0.142. The fourth-order valence-corrected chi connectivity index (χ4v) is 8.84. The summed E-state index contributed by atoms with van der Waals surface area (Å²) in [6.07, 6.45) is -9.58. The van der Waals surface area contributed by atoms with E-state index in [1.807, 2.05) is 6.92 Å². The van der Waals surface area contributed by atoms with E-state index in [9.17, 15) is 24.0 Å². The van der Waals surface area contributed by atoms with Crippen LogP contribution in [0.3, 0.4) is 0 Å². The minimum Gasteiger partial charge on any atom is -0.459 e. The largest absolute Gasteiger partial charge is 0.459 e. The van der Waals surface area contributed by atoms with Gasteiger partial charge in [0.1, 0.15) is 31.0 Å². The third kappa shape index (κ3) is 13.8. The molecular formula is C60H60O14. The van der Waals surface area contributed by atoms with E-state index in [0.29, 0.717) is 6.42 Å². The molecule has 0 amide bonds. The van der Waals surface area contributed by atoms with Crippen LogP contribution in [0.2, 0.25) is 0 Å². The van der Waals surface area contributed by atoms with Crippen molar-refractivity contribution in [1.29, 1.82) is 0 Å². The van der Waals surface area contributed by atoms with Crippen LogP contribution in [0.25, 0.3) is 0 Å². The van der Waals surface area contributed by atoms with E-state index in [0.717, 1.165) is 12.8 Å². The number of carbonyl (C=O) groups is 5. The molecule has 2 fully saturated rings. The molecular weight excluding hydrogens is 945 g/mol. The Hall–Kier alpha value is -7.49. The first-order valence-electron chi connectivity index (χ1n) is 25.0. The van der Waals surface area contributed by atoms with Crippen molar-refractivity contribution in [2.24, 2.45) is 5.92 Å². The van der Waals surface area contributed by atoms with Crippen molar-refractivity contribution >= 4 is 29.8 Å². The number of esters is 5. The summed E-state index contributed by atoms with van der Waals surface area (Å²) in [5, 5.41) is 0. The number of benzene rings is 6. The average molecular weight is 1010 g/mol. The van der Waals surface area contributed by atoms with Crippen molar-refractivity contribution in [3.8, 4) is 0 Å². The summed E-state index contributed by atoms with van der Waals surface area (Å²) in [4.78, 5) is 70.2. The van der Waals surface area contributed by atoms with Gasteiger partial charge in [-0.2, -0.15) is 0 Å². The lowest BCUT2D eigenvalue weighted by atomic mass is 9.91. The van der Waals surface area contributed by atoms with E-state index in [1.165, 1.54) is 11.1 Å². The first-order chi connectivity index (χ1) is 36.1. The summed E-state index contributed by atoms with van der Waals surface area (Å²) in [7, 11) is 0. The van der Waals surface area contributed by atoms with E-state index >= 15 is 0 Å². The Labute approximate surface area is 430 Å². The maximum atomic E-state index is 14.3. The second-order valence-corrected chi connectivity index (χ2v) is 18.2. The molecule has 8 rings (SSSR count). The highest BCUT2D eigenvalue weighted by molar-refractivity contribution is 5.92. The van der Waals surface area contributed by atoms with Crippen molar-refractivity contribution in [3.05, 3.63) is 215 Å². The molecule has 74 heavy (non-hydrogen) atoms. The molecule has 14 nitrogen and oxygen atoms in total. The van der Waals surface area contributed by atoms with Gasteiger partial charge >= 0.3 is 29.8 Å². The number of aryl methyl sites for hydroxylation is 2. The molecule has 6 aromatic rings. The zero-order valence-corrected chi connectivity index (χ0v) is 41.5. The van der Waals surface area contributed by atoms with Crippen molar-refractivity contribution in [3.63, 3.8) is 0 Å². The molecule has 0 bridgehead atoms. The van der Waals surface area contributed by atoms with Crippen LogP contribution >= 0.6 is 0 Å². The highest BCUT2D eigenvalue weighted by Gasteiger charge is 2.56. The first kappa shape index (κ1) is 52.8. The second-order valence-electron chi connectivity index (χ2n) is 18.2. The van der Waals surface area contributed by atoms with Gasteiger partial charge in [-0.05, 0) is 98.8 Å². The minimum atomic E-state index is -1.66. The van der Waals surface area contributed by atoms with Crippen LogP contribution in [-0.4, -0.2) is 98.4 Å². The molecule has 0 radical (unpaired) electrons. The van der Waals surface area contributed by atoms with Crippen molar-refractivity contribution < 1.29 is 66.6 Å². The van der Waals surface area contributed by atoms with Crippen LogP contribution in [0.4, 0.5) is 0 Å². The molecule has 10 atom stereocenters. The lowest BCUT2D eigenvalue weighted by Crippen LogP contribution is -2.65. The van der Waals surface area contributed by atoms with Crippen LogP contribution in [0.1, 0.15) is 96.0 Å². The Morgan fingerprint density at radius 3 is 1.34 bits per heavy atom. The standard InChI is InChI=1S/C60H60O14/c1-4-47-50(71-56(63)44-27-14-7-15-28-44)52(72-57(64)45-29-16-8-17-30-45)53(73-58(65)46-31-18-9-19-32-46)60(68-47)74-51-48(38-67-54(61)42-23-10-5-11-24-42)69-59(66-37-21-20-22-41-35-33-39(2)34-36-41)40(3)49(51)70-55(62)43-25-12-6-13-26-43/h5-19,23-36,40,47-53,59-60H,4,20-22,37-38H2,1-3H3/t40-,47?,48-,49-,50+,51-,52+,53-,59-,60+/m1/s1. The second kappa shape index (κ2) is 25.9. The quantitative estimate of drug-likeness (QED) is 0.0402. The van der Waals surface area contributed by atoms with E-state index in [2.05, 4.69) is 24.3 Å². The van der Waals surface area contributed by atoms with Gasteiger partial charge in [-0.3, -0.25) is 0 Å². The molecule has 14 heteroatoms. The molecule has 6 aromatic carbocycles. The highest BCUT2D eigenvalue weighted by atomic mass is 16.8. The predicted molar refractivity (Wildman–Crippen MR) is 271 cm³/mol. The van der Waals surface area contributed by atoms with Crippen LogP contribution in [0, 0.1) is 12.8 Å². The Morgan fingerprint density at radius 1 is 0.446 bits per heavy atom. The topological polar surface area (TPSA) is 168 Å². The Balaban J connectivity index is 1.17. The SMILES string of the molecule is CCC1O[C@@H](O[C@H]2[C@H](OC(=O)c3ccccc3)[C@@H](C)[C@H](OCCCCc3ccc(C)cc3)O[C@@H]2COC(=O)c2ccccc2)[C@H](OC(=O)c2ccccc2)[C@@H](OC(=O)c2ccccc2)[C@H]1OC(=O)c1ccccc1. The summed E-state index contributed by atoms with van der Waals surface area (Å²) in [6.45, 7) is 5.46. The van der Waals surface area contributed by atoms with Crippen LogP contribution in [-0.2, 0) is 49.1 Å². The summed E-state index contributed by atoms with van der Waals surface area (Å²) in [5.41, 5.74) is 3.41. The number of ether oxygens (including phenoxy) is 9. The molecule has 0 saturated carbocycles. The van der Waals surface area contributed by atoms with E-state index in [4.69, 9.17) is 42.6 Å². The lowest BCUT2D eigenvalue weighted by Gasteiger charge is -2.49. The fraction of sp³-hybridized carbons (Fsp3) is 0.317. The molecule has 2 saturated heterocycles. The molecule has 1 unspecified atom stereocenters. The fourth-order valence-electron chi connectivity index (χ4n) is 8.84. The van der Waals surface area contributed by atoms with Gasteiger partial charge in [0.25, 0.3) is 0 Å². The van der Waals surface area contributed by atoms with Crippen LogP contribution in [0.15, 0.2) is 176 Å². The first-order valence-corrected chi connectivity index (χ1v) is 25.0. The van der Waals surface area contributed by atoms with Gasteiger partial charge in [-0.25, -0.2) is 24.0 Å². The maximum absolute atomic E-state index is 14.3. The van der Waals surface area contributed by atoms with Crippen molar-refractivity contribution in [2.75, 3.05) is 13.2 Å². The van der Waals surface area contributed by atoms with E-state index in [-0.39, 0.29) is 40.8 Å². The summed E-state index contributed by atoms with van der Waals surface area (Å²) in [6, 6.07) is 49.7. The Morgan fingerprint density at radius 2 is 0.865 bits per heavy atom. The Kier molecular flexibility index (Phi) is 18.5. The number of hydrogen-bond acceptors (Lipinski definition) is 14. The summed E-state index contributed by atoms with van der Waals surface area (Å²) in [5.74, 6) is -4.52. The molecule has 0 spiro atoms. The molecule has 2 aliphatic heterocycles. The summed E-state index contributed by atoms with van der Waals surface area (Å²) < 4.78 is 58.1. The molecule has 0 aromatic heterocycles. The highest BCUT2D eigenvalue weighted by Crippen LogP contribution is 2.38. The molecule has 0 aliphatic carbocycles. The third-order valence-corrected chi connectivity index (χ3v) is 12.9. The predicted octanol–water partition coefficient (Wildman–Crippen LogP) is 9.97. The van der Waals surface area contributed by atoms with E-state index in [1.54, 1.807) is 166 Å². The van der Waals surface area contributed by atoms with Gasteiger partial charge in [-0.15, -0.1) is 0 Å². The van der Waals surface area contributed by atoms with Crippen molar-refractivity contribution in [2.45, 2.75) is 102 Å². The van der Waals surface area contributed by atoms with Gasteiger partial charge in [0, 0.05) is 12.5 Å². The number of unbranched alkanes of at least 4 members (excludes halogenated alkanes) is 1. The van der Waals surface area contributed by atoms with Crippen LogP contribution < -0.4 is 0 Å². The van der Waals surface area contributed by atoms with Gasteiger partial charge in [0.15, 0.2) is 30.9 Å². The smallest absolute Gasteiger partial charge is 0.338 e. The van der Waals surface area contributed by atoms with Crippen LogP contribution in [0.5, 0.6) is 0 Å². The van der Waals surface area contributed by atoms with Crippen molar-refractivity contribution in [1.82, 2.24) is 0 Å². The normalized spacial score (nSPS) is 23.4. The van der Waals surface area contributed by atoms with Gasteiger partial charge < -0.3 is 42.6 Å². The average Bonchev–Trinajstić information content (AvgIpc) is 3.44. The number of hydrogen-bond donors (Lipinski definition) is 0. The molecule has 384 valence electrons. The number of carbonyl (C=O) groups excluding carboxylic acids is 5. The monoisotopic (exact) mass is 1000 g/mol. The molecule has 2 heterocycles. The van der Waals surface area contributed by atoms with E-state index < -0.39 is 97.7 Å².